The summed E-state index contributed by atoms with van der Waals surface area (Å²) in [6, 6.07) is 15.8. The molecule has 0 unspecified atom stereocenters. The number of nitrogens with zero attached hydrogens (tertiary/aromatic N) is 4. The SMILES string of the molecule is Fc1cccc(-c2ccc(Nc3cccc(-c4cnccn4)n3)nc2)c1. The maximum Gasteiger partial charge on any atom is 0.132 e. The van der Waals surface area contributed by atoms with Crippen LogP contribution in [-0.2, 0) is 0 Å². The highest BCUT2D eigenvalue weighted by molar-refractivity contribution is 5.65. The van der Waals surface area contributed by atoms with E-state index in [-0.39, 0.29) is 5.82 Å². The highest BCUT2D eigenvalue weighted by Crippen LogP contribution is 2.22. The molecule has 0 aliphatic rings. The van der Waals surface area contributed by atoms with Crippen molar-refractivity contribution in [3.8, 4) is 22.5 Å². The van der Waals surface area contributed by atoms with Crippen LogP contribution in [0.5, 0.6) is 0 Å². The van der Waals surface area contributed by atoms with Crippen molar-refractivity contribution in [1.29, 1.82) is 0 Å². The van der Waals surface area contributed by atoms with Crippen LogP contribution in [0.1, 0.15) is 0 Å². The Morgan fingerprint density at radius 3 is 2.42 bits per heavy atom. The van der Waals surface area contributed by atoms with E-state index in [2.05, 4.69) is 25.3 Å². The standard InChI is InChI=1S/C20H14FN5/c21-16-4-1-3-14(11-16)15-7-8-19(24-12-15)26-20-6-2-5-17(25-20)18-13-22-9-10-23-18/h1-13H,(H,24,25,26). The lowest BCUT2D eigenvalue weighted by Crippen LogP contribution is -1.97. The lowest BCUT2D eigenvalue weighted by atomic mass is 10.1. The first-order valence-electron chi connectivity index (χ1n) is 8.00. The van der Waals surface area contributed by atoms with Gasteiger partial charge in [-0.3, -0.25) is 9.97 Å². The lowest BCUT2D eigenvalue weighted by molar-refractivity contribution is 0.628. The third-order valence-electron chi connectivity index (χ3n) is 3.75. The monoisotopic (exact) mass is 343 g/mol. The molecule has 1 N–H and O–H groups in total. The van der Waals surface area contributed by atoms with E-state index in [9.17, 15) is 4.39 Å². The second-order valence-corrected chi connectivity index (χ2v) is 5.57. The molecule has 0 aliphatic carbocycles. The van der Waals surface area contributed by atoms with E-state index < -0.39 is 0 Å². The number of benzene rings is 1. The molecule has 1 aromatic carbocycles. The minimum absolute atomic E-state index is 0.269. The number of hydrogen-bond donors (Lipinski definition) is 1. The van der Waals surface area contributed by atoms with E-state index in [1.54, 1.807) is 30.9 Å². The zero-order valence-electron chi connectivity index (χ0n) is 13.7. The quantitative estimate of drug-likeness (QED) is 0.592. The highest BCUT2D eigenvalue weighted by atomic mass is 19.1. The zero-order valence-corrected chi connectivity index (χ0v) is 13.7. The van der Waals surface area contributed by atoms with E-state index in [1.807, 2.05) is 36.4 Å². The first-order chi connectivity index (χ1) is 12.8. The van der Waals surface area contributed by atoms with Crippen LogP contribution < -0.4 is 5.32 Å². The van der Waals surface area contributed by atoms with Crippen molar-refractivity contribution < 1.29 is 4.39 Å². The molecular formula is C20H14FN5. The second-order valence-electron chi connectivity index (χ2n) is 5.57. The summed E-state index contributed by atoms with van der Waals surface area (Å²) >= 11 is 0. The highest BCUT2D eigenvalue weighted by Gasteiger charge is 2.04. The lowest BCUT2D eigenvalue weighted by Gasteiger charge is -2.08. The molecule has 0 saturated carbocycles. The van der Waals surface area contributed by atoms with E-state index in [0.717, 1.165) is 16.8 Å². The number of aromatic nitrogens is 4. The number of rotatable bonds is 4. The molecule has 4 rings (SSSR count). The molecule has 0 amide bonds. The van der Waals surface area contributed by atoms with Crippen molar-refractivity contribution >= 4 is 11.6 Å². The average Bonchev–Trinajstić information content (AvgIpc) is 2.69. The van der Waals surface area contributed by atoms with Gasteiger partial charge in [-0.25, -0.2) is 14.4 Å². The summed E-state index contributed by atoms with van der Waals surface area (Å²) in [4.78, 5) is 17.2. The first kappa shape index (κ1) is 15.8. The van der Waals surface area contributed by atoms with Crippen molar-refractivity contribution in [2.75, 3.05) is 5.32 Å². The Morgan fingerprint density at radius 1 is 0.731 bits per heavy atom. The number of halogens is 1. The summed E-state index contributed by atoms with van der Waals surface area (Å²) in [5, 5.41) is 3.16. The maximum absolute atomic E-state index is 13.3. The number of anilines is 2. The van der Waals surface area contributed by atoms with E-state index in [1.165, 1.54) is 12.1 Å². The van der Waals surface area contributed by atoms with Gasteiger partial charge in [-0.15, -0.1) is 0 Å². The molecule has 0 bridgehead atoms. The summed E-state index contributed by atoms with van der Waals surface area (Å²) in [5.41, 5.74) is 3.05. The topological polar surface area (TPSA) is 63.6 Å². The third-order valence-corrected chi connectivity index (χ3v) is 3.75. The summed E-state index contributed by atoms with van der Waals surface area (Å²) < 4.78 is 13.3. The minimum atomic E-state index is -0.269. The molecule has 3 aromatic heterocycles. The number of hydrogen-bond acceptors (Lipinski definition) is 5. The van der Waals surface area contributed by atoms with Crippen LogP contribution in [0.3, 0.4) is 0 Å². The fourth-order valence-corrected chi connectivity index (χ4v) is 2.52. The molecule has 126 valence electrons. The molecular weight excluding hydrogens is 329 g/mol. The number of nitrogens with one attached hydrogen (secondary N) is 1. The molecule has 4 aromatic rings. The second kappa shape index (κ2) is 7.06. The molecule has 0 aliphatic heterocycles. The minimum Gasteiger partial charge on any atom is -0.325 e. The van der Waals surface area contributed by atoms with E-state index >= 15 is 0 Å². The predicted octanol–water partition coefficient (Wildman–Crippen LogP) is 4.48. The summed E-state index contributed by atoms with van der Waals surface area (Å²) in [5.74, 6) is 1.03. The van der Waals surface area contributed by atoms with Gasteiger partial charge in [0.25, 0.3) is 0 Å². The molecule has 26 heavy (non-hydrogen) atoms. The Morgan fingerprint density at radius 2 is 1.65 bits per heavy atom. The van der Waals surface area contributed by atoms with Crippen molar-refractivity contribution in [3.63, 3.8) is 0 Å². The fourth-order valence-electron chi connectivity index (χ4n) is 2.52. The molecule has 0 atom stereocenters. The number of pyridine rings is 2. The molecule has 0 fully saturated rings. The summed E-state index contributed by atoms with van der Waals surface area (Å²) in [6.45, 7) is 0. The Hall–Kier alpha value is -3.67. The van der Waals surface area contributed by atoms with Crippen LogP contribution in [0.4, 0.5) is 16.0 Å². The third kappa shape index (κ3) is 3.54. The van der Waals surface area contributed by atoms with Crippen molar-refractivity contribution in [1.82, 2.24) is 19.9 Å². The van der Waals surface area contributed by atoms with Crippen LogP contribution in [-0.4, -0.2) is 19.9 Å². The van der Waals surface area contributed by atoms with Crippen LogP contribution >= 0.6 is 0 Å². The Bertz CT molecular complexity index is 1020. The molecule has 0 spiro atoms. The van der Waals surface area contributed by atoms with Crippen molar-refractivity contribution in [2.45, 2.75) is 0 Å². The van der Waals surface area contributed by atoms with Gasteiger partial charge in [0.05, 0.1) is 11.9 Å². The van der Waals surface area contributed by atoms with Crippen LogP contribution in [0.15, 0.2) is 79.4 Å². The smallest absolute Gasteiger partial charge is 0.132 e. The molecule has 0 radical (unpaired) electrons. The Kier molecular flexibility index (Phi) is 4.30. The zero-order chi connectivity index (χ0) is 17.8. The van der Waals surface area contributed by atoms with E-state index in [0.29, 0.717) is 17.3 Å². The van der Waals surface area contributed by atoms with Gasteiger partial charge >= 0.3 is 0 Å². The largest absolute Gasteiger partial charge is 0.325 e. The normalized spacial score (nSPS) is 10.5. The first-order valence-corrected chi connectivity index (χ1v) is 8.00. The van der Waals surface area contributed by atoms with Crippen LogP contribution in [0, 0.1) is 5.82 Å². The Labute approximate surface area is 149 Å². The van der Waals surface area contributed by atoms with Crippen molar-refractivity contribution in [2.24, 2.45) is 0 Å². The molecule has 3 heterocycles. The maximum atomic E-state index is 13.3. The predicted molar refractivity (Wildman–Crippen MR) is 98.2 cm³/mol. The summed E-state index contributed by atoms with van der Waals surface area (Å²) in [6.07, 6.45) is 6.61. The van der Waals surface area contributed by atoms with Crippen LogP contribution in [0.2, 0.25) is 0 Å². The van der Waals surface area contributed by atoms with Crippen molar-refractivity contribution in [3.05, 3.63) is 85.2 Å². The Balaban J connectivity index is 1.55. The van der Waals surface area contributed by atoms with Crippen LogP contribution in [0.25, 0.3) is 22.5 Å². The van der Waals surface area contributed by atoms with Gasteiger partial charge in [0.15, 0.2) is 0 Å². The van der Waals surface area contributed by atoms with Gasteiger partial charge in [-0.2, -0.15) is 0 Å². The fraction of sp³-hybridized carbons (Fsp3) is 0. The van der Waals surface area contributed by atoms with E-state index in [4.69, 9.17) is 0 Å². The van der Waals surface area contributed by atoms with Gasteiger partial charge in [-0.05, 0) is 42.0 Å². The molecule has 0 saturated heterocycles. The summed E-state index contributed by atoms with van der Waals surface area (Å²) in [7, 11) is 0. The molecule has 5 nitrogen and oxygen atoms in total. The van der Waals surface area contributed by atoms with Gasteiger partial charge < -0.3 is 5.32 Å². The molecule has 6 heteroatoms. The van der Waals surface area contributed by atoms with Gasteiger partial charge in [0.2, 0.25) is 0 Å². The van der Waals surface area contributed by atoms with Gasteiger partial charge in [-0.1, -0.05) is 18.2 Å². The van der Waals surface area contributed by atoms with Gasteiger partial charge in [0.1, 0.15) is 23.1 Å². The average molecular weight is 343 g/mol. The van der Waals surface area contributed by atoms with Gasteiger partial charge in [0, 0.05) is 24.2 Å².